The van der Waals surface area contributed by atoms with Crippen molar-refractivity contribution in [2.24, 2.45) is 0 Å². The molecule has 0 aromatic heterocycles. The topological polar surface area (TPSA) is 66.5 Å². The molecule has 0 aliphatic heterocycles. The lowest BCUT2D eigenvalue weighted by molar-refractivity contribution is -0.119. The summed E-state index contributed by atoms with van der Waals surface area (Å²) in [5, 5.41) is 3.03. The monoisotopic (exact) mass is 412 g/mol. The van der Waals surface area contributed by atoms with Crippen molar-refractivity contribution in [3.05, 3.63) is 59.1 Å². The zero-order chi connectivity index (χ0) is 19.2. The fourth-order valence-corrected chi connectivity index (χ4v) is 4.34. The number of amides is 1. The van der Waals surface area contributed by atoms with Gasteiger partial charge in [0.1, 0.15) is 6.54 Å². The standard InChI is InChI=1S/C18H21ClN2O3S2/c1-14-7-3-6-10-17(14)25-12-11-20-18(22)13-21(26(2,23)24)16-9-5-4-8-15(16)19/h3-10H,11-13H2,1-2H3,(H,20,22). The largest absolute Gasteiger partial charge is 0.354 e. The van der Waals surface area contributed by atoms with Gasteiger partial charge in [0.25, 0.3) is 0 Å². The van der Waals surface area contributed by atoms with Crippen LogP contribution in [0, 0.1) is 6.92 Å². The molecule has 0 bridgehead atoms. The van der Waals surface area contributed by atoms with E-state index in [1.54, 1.807) is 36.0 Å². The molecule has 0 aliphatic rings. The average Bonchev–Trinajstić information content (AvgIpc) is 2.58. The molecule has 2 aromatic rings. The van der Waals surface area contributed by atoms with Crippen LogP contribution >= 0.6 is 23.4 Å². The maximum absolute atomic E-state index is 12.2. The summed E-state index contributed by atoms with van der Waals surface area (Å²) < 4.78 is 25.1. The SMILES string of the molecule is Cc1ccccc1SCCNC(=O)CN(c1ccccc1Cl)S(C)(=O)=O. The lowest BCUT2D eigenvalue weighted by atomic mass is 10.2. The van der Waals surface area contributed by atoms with E-state index in [1.807, 2.05) is 31.2 Å². The lowest BCUT2D eigenvalue weighted by Gasteiger charge is -2.22. The Balaban J connectivity index is 1.92. The maximum atomic E-state index is 12.2. The first-order valence-corrected chi connectivity index (χ1v) is 11.2. The summed E-state index contributed by atoms with van der Waals surface area (Å²) in [5.74, 6) is 0.322. The van der Waals surface area contributed by atoms with Crippen LogP contribution in [-0.2, 0) is 14.8 Å². The van der Waals surface area contributed by atoms with Crippen LogP contribution in [0.5, 0.6) is 0 Å². The zero-order valence-electron chi connectivity index (χ0n) is 14.6. The number of carbonyl (C=O) groups excluding carboxylic acids is 1. The van der Waals surface area contributed by atoms with Gasteiger partial charge in [-0.1, -0.05) is 41.9 Å². The summed E-state index contributed by atoms with van der Waals surface area (Å²) in [6.45, 7) is 2.17. The first-order chi connectivity index (χ1) is 12.3. The van der Waals surface area contributed by atoms with Crippen LogP contribution in [-0.4, -0.2) is 39.4 Å². The first kappa shape index (κ1) is 20.6. The molecule has 0 unspecified atom stereocenters. The first-order valence-electron chi connectivity index (χ1n) is 7.96. The summed E-state index contributed by atoms with van der Waals surface area (Å²) in [7, 11) is -3.63. The number of hydrogen-bond donors (Lipinski definition) is 1. The molecule has 140 valence electrons. The Morgan fingerprint density at radius 2 is 1.81 bits per heavy atom. The molecule has 0 heterocycles. The predicted octanol–water partition coefficient (Wildman–Crippen LogP) is 3.32. The van der Waals surface area contributed by atoms with E-state index < -0.39 is 10.0 Å². The Kier molecular flexibility index (Phi) is 7.37. The molecule has 26 heavy (non-hydrogen) atoms. The molecule has 2 aromatic carbocycles. The van der Waals surface area contributed by atoms with Gasteiger partial charge in [0.2, 0.25) is 15.9 Å². The Hall–Kier alpha value is -1.70. The third-order valence-corrected chi connectivity index (χ3v) is 6.21. The van der Waals surface area contributed by atoms with E-state index >= 15 is 0 Å². The molecule has 1 N–H and O–H groups in total. The van der Waals surface area contributed by atoms with E-state index in [0.29, 0.717) is 18.0 Å². The fourth-order valence-electron chi connectivity index (χ4n) is 2.29. The van der Waals surface area contributed by atoms with Crippen molar-refractivity contribution in [3.63, 3.8) is 0 Å². The third-order valence-electron chi connectivity index (χ3n) is 3.58. The number of nitrogens with one attached hydrogen (secondary N) is 1. The van der Waals surface area contributed by atoms with Gasteiger partial charge in [-0.05, 0) is 30.7 Å². The van der Waals surface area contributed by atoms with Crippen molar-refractivity contribution in [1.29, 1.82) is 0 Å². The third kappa shape index (κ3) is 5.93. The number of rotatable bonds is 8. The molecule has 0 atom stereocenters. The normalized spacial score (nSPS) is 11.2. The van der Waals surface area contributed by atoms with Crippen molar-refractivity contribution >= 4 is 45.0 Å². The molecular weight excluding hydrogens is 392 g/mol. The molecule has 5 nitrogen and oxygen atoms in total. The van der Waals surface area contributed by atoms with E-state index in [2.05, 4.69) is 5.32 Å². The Morgan fingerprint density at radius 1 is 1.15 bits per heavy atom. The molecule has 0 saturated heterocycles. The fraction of sp³-hybridized carbons (Fsp3) is 0.278. The number of benzene rings is 2. The van der Waals surface area contributed by atoms with E-state index in [0.717, 1.165) is 15.5 Å². The van der Waals surface area contributed by atoms with Crippen molar-refractivity contribution in [2.45, 2.75) is 11.8 Å². The quantitative estimate of drug-likeness (QED) is 0.533. The van der Waals surface area contributed by atoms with Crippen molar-refractivity contribution in [1.82, 2.24) is 5.32 Å². The molecule has 2 rings (SSSR count). The smallest absolute Gasteiger partial charge is 0.240 e. The molecule has 0 radical (unpaired) electrons. The van der Waals surface area contributed by atoms with Gasteiger partial charge in [0, 0.05) is 17.2 Å². The second kappa shape index (κ2) is 9.30. The van der Waals surface area contributed by atoms with Gasteiger partial charge >= 0.3 is 0 Å². The number of thioether (sulfide) groups is 1. The van der Waals surface area contributed by atoms with Gasteiger partial charge < -0.3 is 5.32 Å². The number of aryl methyl sites for hydroxylation is 1. The van der Waals surface area contributed by atoms with Gasteiger partial charge in [0.05, 0.1) is 17.0 Å². The minimum absolute atomic E-state index is 0.279. The summed E-state index contributed by atoms with van der Waals surface area (Å²) in [6, 6.07) is 14.6. The van der Waals surface area contributed by atoms with E-state index in [1.165, 1.54) is 5.56 Å². The lowest BCUT2D eigenvalue weighted by Crippen LogP contribution is -2.41. The number of nitrogens with zero attached hydrogens (tertiary/aromatic N) is 1. The summed E-state index contributed by atoms with van der Waals surface area (Å²) in [5.41, 5.74) is 1.48. The predicted molar refractivity (Wildman–Crippen MR) is 109 cm³/mol. The van der Waals surface area contributed by atoms with Gasteiger partial charge in [-0.25, -0.2) is 8.42 Å². The number of anilines is 1. The van der Waals surface area contributed by atoms with Crippen LogP contribution in [0.25, 0.3) is 0 Å². The van der Waals surface area contributed by atoms with Gasteiger partial charge in [-0.2, -0.15) is 0 Å². The molecule has 8 heteroatoms. The Labute approximate surface area is 163 Å². The van der Waals surface area contributed by atoms with Crippen LogP contribution in [0.2, 0.25) is 5.02 Å². The second-order valence-corrected chi connectivity index (χ2v) is 9.14. The highest BCUT2D eigenvalue weighted by molar-refractivity contribution is 7.99. The van der Waals surface area contributed by atoms with E-state index in [9.17, 15) is 13.2 Å². The molecule has 0 saturated carbocycles. The van der Waals surface area contributed by atoms with Gasteiger partial charge in [-0.3, -0.25) is 9.10 Å². The zero-order valence-corrected chi connectivity index (χ0v) is 17.0. The van der Waals surface area contributed by atoms with Gasteiger partial charge in [-0.15, -0.1) is 11.8 Å². The second-order valence-electron chi connectivity index (χ2n) is 5.68. The molecule has 1 amide bonds. The number of sulfonamides is 1. The van der Waals surface area contributed by atoms with Crippen LogP contribution in [0.15, 0.2) is 53.4 Å². The Bertz CT molecular complexity index is 872. The highest BCUT2D eigenvalue weighted by atomic mass is 35.5. The average molecular weight is 413 g/mol. The van der Waals surface area contributed by atoms with Crippen LogP contribution < -0.4 is 9.62 Å². The number of carbonyl (C=O) groups is 1. The van der Waals surface area contributed by atoms with Crippen molar-refractivity contribution in [3.8, 4) is 0 Å². The Morgan fingerprint density at radius 3 is 2.46 bits per heavy atom. The summed E-state index contributed by atoms with van der Waals surface area (Å²) in [4.78, 5) is 13.4. The number of halogens is 1. The van der Waals surface area contributed by atoms with Crippen LogP contribution in [0.1, 0.15) is 5.56 Å². The minimum atomic E-state index is -3.63. The van der Waals surface area contributed by atoms with Crippen LogP contribution in [0.4, 0.5) is 5.69 Å². The molecule has 0 fully saturated rings. The number of para-hydroxylation sites is 1. The molecule has 0 aliphatic carbocycles. The number of hydrogen-bond acceptors (Lipinski definition) is 4. The van der Waals surface area contributed by atoms with E-state index in [-0.39, 0.29) is 17.5 Å². The minimum Gasteiger partial charge on any atom is -0.354 e. The maximum Gasteiger partial charge on any atom is 0.240 e. The van der Waals surface area contributed by atoms with Crippen molar-refractivity contribution in [2.75, 3.05) is 29.4 Å². The van der Waals surface area contributed by atoms with Crippen molar-refractivity contribution < 1.29 is 13.2 Å². The summed E-state index contributed by atoms with van der Waals surface area (Å²) >= 11 is 7.72. The molecular formula is C18H21ClN2O3S2. The van der Waals surface area contributed by atoms with Gasteiger partial charge in [0.15, 0.2) is 0 Å². The summed E-state index contributed by atoms with van der Waals surface area (Å²) in [6.07, 6.45) is 1.05. The molecule has 0 spiro atoms. The highest BCUT2D eigenvalue weighted by Gasteiger charge is 2.22. The van der Waals surface area contributed by atoms with Crippen LogP contribution in [0.3, 0.4) is 0 Å². The van der Waals surface area contributed by atoms with E-state index in [4.69, 9.17) is 11.6 Å². The highest BCUT2D eigenvalue weighted by Crippen LogP contribution is 2.27.